The van der Waals surface area contributed by atoms with Crippen LogP contribution >= 0.6 is 27.3 Å². The highest BCUT2D eigenvalue weighted by Gasteiger charge is 2.19. The number of aromatic nitrogens is 1. The average molecular weight is 379 g/mol. The number of nitrogens with one attached hydrogen (secondary N) is 2. The largest absolute Gasteiger partial charge is 0.495 e. The number of rotatable bonds is 5. The maximum atomic E-state index is 12.2. The molecule has 0 fully saturated rings. The van der Waals surface area contributed by atoms with Crippen molar-refractivity contribution in [1.29, 1.82) is 0 Å². The van der Waals surface area contributed by atoms with E-state index in [1.54, 1.807) is 17.5 Å². The predicted molar refractivity (Wildman–Crippen MR) is 79.7 cm³/mol. The minimum absolute atomic E-state index is 0.0107. The zero-order chi connectivity index (χ0) is 14.8. The average Bonchev–Trinajstić information content (AvgIpc) is 2.82. The second-order valence-electron chi connectivity index (χ2n) is 3.79. The Morgan fingerprint density at radius 3 is 2.80 bits per heavy atom. The number of ether oxygens (including phenoxy) is 1. The zero-order valence-electron chi connectivity index (χ0n) is 10.3. The van der Waals surface area contributed by atoms with Crippen LogP contribution in [0.3, 0.4) is 0 Å². The van der Waals surface area contributed by atoms with Crippen molar-refractivity contribution in [2.24, 2.45) is 0 Å². The van der Waals surface area contributed by atoms with E-state index in [4.69, 9.17) is 4.74 Å². The molecule has 2 aromatic rings. The van der Waals surface area contributed by atoms with E-state index < -0.39 is 10.0 Å². The second-order valence-corrected chi connectivity index (χ2v) is 7.29. The molecule has 108 valence electrons. The Balaban J connectivity index is 2.26. The summed E-state index contributed by atoms with van der Waals surface area (Å²) in [4.78, 5) is 13.3. The zero-order valence-corrected chi connectivity index (χ0v) is 13.6. The Morgan fingerprint density at radius 2 is 2.20 bits per heavy atom. The Morgan fingerprint density at radius 1 is 1.45 bits per heavy atom. The van der Waals surface area contributed by atoms with Gasteiger partial charge >= 0.3 is 4.87 Å². The number of sulfonamides is 1. The van der Waals surface area contributed by atoms with Gasteiger partial charge in [-0.25, -0.2) is 13.1 Å². The Bertz CT molecular complexity index is 767. The number of methoxy groups -OCH3 is 1. The van der Waals surface area contributed by atoms with Gasteiger partial charge in [0.1, 0.15) is 10.6 Å². The quantitative estimate of drug-likeness (QED) is 0.828. The number of H-pyrrole nitrogens is 1. The molecule has 6 nitrogen and oxygen atoms in total. The molecular weight excluding hydrogens is 368 g/mol. The molecule has 0 spiro atoms. The maximum Gasteiger partial charge on any atom is 0.304 e. The lowest BCUT2D eigenvalue weighted by Crippen LogP contribution is -2.24. The molecule has 1 heterocycles. The van der Waals surface area contributed by atoms with Gasteiger partial charge in [-0.05, 0) is 18.2 Å². The molecule has 1 aromatic heterocycles. The van der Waals surface area contributed by atoms with Crippen molar-refractivity contribution in [2.75, 3.05) is 7.11 Å². The third-order valence-corrected chi connectivity index (χ3v) is 5.07. The first-order valence-corrected chi connectivity index (χ1v) is 8.58. The van der Waals surface area contributed by atoms with E-state index in [1.807, 2.05) is 0 Å². The molecule has 0 aliphatic heterocycles. The van der Waals surface area contributed by atoms with Gasteiger partial charge in [0, 0.05) is 15.5 Å². The number of thiazole rings is 1. The summed E-state index contributed by atoms with van der Waals surface area (Å²) in [6.45, 7) is 0.0107. The highest BCUT2D eigenvalue weighted by atomic mass is 79.9. The van der Waals surface area contributed by atoms with Crippen LogP contribution in [-0.2, 0) is 16.6 Å². The van der Waals surface area contributed by atoms with Crippen molar-refractivity contribution in [3.63, 3.8) is 0 Å². The van der Waals surface area contributed by atoms with Crippen LogP contribution in [-0.4, -0.2) is 20.5 Å². The van der Waals surface area contributed by atoms with E-state index in [-0.39, 0.29) is 22.1 Å². The van der Waals surface area contributed by atoms with Gasteiger partial charge in [-0.1, -0.05) is 27.3 Å². The van der Waals surface area contributed by atoms with Crippen LogP contribution in [0, 0.1) is 0 Å². The molecule has 0 aliphatic carbocycles. The normalized spacial score (nSPS) is 11.5. The monoisotopic (exact) mass is 378 g/mol. The lowest BCUT2D eigenvalue weighted by Gasteiger charge is -2.10. The van der Waals surface area contributed by atoms with Crippen molar-refractivity contribution in [1.82, 2.24) is 9.71 Å². The molecule has 0 saturated heterocycles. The molecule has 0 aliphatic rings. The van der Waals surface area contributed by atoms with Gasteiger partial charge in [-0.2, -0.15) is 0 Å². The first-order valence-electron chi connectivity index (χ1n) is 5.42. The van der Waals surface area contributed by atoms with Gasteiger partial charge < -0.3 is 9.72 Å². The van der Waals surface area contributed by atoms with Crippen molar-refractivity contribution in [3.05, 3.63) is 43.4 Å². The van der Waals surface area contributed by atoms with Gasteiger partial charge in [-0.3, -0.25) is 4.79 Å². The fourth-order valence-electron chi connectivity index (χ4n) is 1.51. The van der Waals surface area contributed by atoms with E-state index >= 15 is 0 Å². The lowest BCUT2D eigenvalue weighted by molar-refractivity contribution is 0.402. The Kier molecular flexibility index (Phi) is 4.63. The first kappa shape index (κ1) is 15.2. The number of hydrogen-bond acceptors (Lipinski definition) is 5. The van der Waals surface area contributed by atoms with Crippen molar-refractivity contribution >= 4 is 37.3 Å². The second kappa shape index (κ2) is 6.08. The lowest BCUT2D eigenvalue weighted by atomic mass is 10.3. The van der Waals surface area contributed by atoms with Gasteiger partial charge in [0.2, 0.25) is 10.0 Å². The number of halogens is 1. The molecule has 0 saturated carbocycles. The summed E-state index contributed by atoms with van der Waals surface area (Å²) < 4.78 is 32.6. The number of benzene rings is 1. The summed E-state index contributed by atoms with van der Waals surface area (Å²) in [5.41, 5.74) is 0.512. The fourth-order valence-corrected chi connectivity index (χ4v) is 3.81. The molecule has 20 heavy (non-hydrogen) atoms. The van der Waals surface area contributed by atoms with Crippen molar-refractivity contribution in [2.45, 2.75) is 11.4 Å². The summed E-state index contributed by atoms with van der Waals surface area (Å²) in [5.74, 6) is 0.250. The highest BCUT2D eigenvalue weighted by Crippen LogP contribution is 2.27. The van der Waals surface area contributed by atoms with E-state index in [1.165, 1.54) is 13.2 Å². The summed E-state index contributed by atoms with van der Waals surface area (Å²) in [7, 11) is -2.34. The smallest absolute Gasteiger partial charge is 0.304 e. The van der Waals surface area contributed by atoms with Crippen LogP contribution < -0.4 is 14.3 Å². The van der Waals surface area contributed by atoms with E-state index in [9.17, 15) is 13.2 Å². The SMILES string of the molecule is COc1ccc(Br)cc1S(=O)(=O)NCc1csc(=O)[nH]1. The molecule has 2 rings (SSSR count). The van der Waals surface area contributed by atoms with Crippen LogP contribution in [0.15, 0.2) is 37.7 Å². The maximum absolute atomic E-state index is 12.2. The Labute approximate surface area is 128 Å². The number of hydrogen-bond donors (Lipinski definition) is 2. The third-order valence-electron chi connectivity index (χ3n) is 2.44. The predicted octanol–water partition coefficient (Wildman–Crippen LogP) is 1.69. The van der Waals surface area contributed by atoms with E-state index in [0.717, 1.165) is 11.3 Å². The Hall–Kier alpha value is -1.16. The van der Waals surface area contributed by atoms with Crippen molar-refractivity contribution in [3.8, 4) is 5.75 Å². The van der Waals surface area contributed by atoms with Crippen LogP contribution in [0.2, 0.25) is 0 Å². The molecule has 0 atom stereocenters. The van der Waals surface area contributed by atoms with E-state index in [0.29, 0.717) is 10.2 Å². The third kappa shape index (κ3) is 3.48. The summed E-state index contributed by atoms with van der Waals surface area (Å²) in [5, 5.41) is 1.57. The van der Waals surface area contributed by atoms with Crippen LogP contribution in [0.1, 0.15) is 5.69 Å². The minimum atomic E-state index is -3.74. The molecule has 9 heteroatoms. The summed E-state index contributed by atoms with van der Waals surface area (Å²) in [6.07, 6.45) is 0. The molecule has 0 radical (unpaired) electrons. The topological polar surface area (TPSA) is 88.3 Å². The van der Waals surface area contributed by atoms with Gasteiger partial charge in [0.05, 0.1) is 13.7 Å². The van der Waals surface area contributed by atoms with Gasteiger partial charge in [0.25, 0.3) is 0 Å². The van der Waals surface area contributed by atoms with Crippen LogP contribution in [0.5, 0.6) is 5.75 Å². The van der Waals surface area contributed by atoms with E-state index in [2.05, 4.69) is 25.6 Å². The number of aromatic amines is 1. The van der Waals surface area contributed by atoms with Crippen LogP contribution in [0.25, 0.3) is 0 Å². The van der Waals surface area contributed by atoms with Crippen LogP contribution in [0.4, 0.5) is 0 Å². The van der Waals surface area contributed by atoms with Gasteiger partial charge in [-0.15, -0.1) is 0 Å². The molecule has 0 bridgehead atoms. The first-order chi connectivity index (χ1) is 9.42. The minimum Gasteiger partial charge on any atom is -0.495 e. The van der Waals surface area contributed by atoms with Gasteiger partial charge in [0.15, 0.2) is 0 Å². The standard InChI is InChI=1S/C11H11BrN2O4S2/c1-18-9-3-2-7(12)4-10(9)20(16,17)13-5-8-6-19-11(15)14-8/h2-4,6,13H,5H2,1H3,(H,14,15). The highest BCUT2D eigenvalue weighted by molar-refractivity contribution is 9.10. The molecule has 0 amide bonds. The molecular formula is C11H11BrN2O4S2. The van der Waals surface area contributed by atoms with Crippen molar-refractivity contribution < 1.29 is 13.2 Å². The summed E-state index contributed by atoms with van der Waals surface area (Å²) >= 11 is 4.21. The molecule has 2 N–H and O–H groups in total. The molecule has 0 unspecified atom stereocenters. The molecule has 1 aromatic carbocycles. The summed E-state index contributed by atoms with van der Waals surface area (Å²) in [6, 6.07) is 4.71. The fraction of sp³-hybridized carbons (Fsp3) is 0.182.